The van der Waals surface area contributed by atoms with Crippen molar-refractivity contribution < 1.29 is 9.47 Å². The van der Waals surface area contributed by atoms with Crippen molar-refractivity contribution in [2.75, 3.05) is 19.5 Å². The van der Waals surface area contributed by atoms with Gasteiger partial charge in [-0.25, -0.2) is 4.98 Å². The molecule has 1 atom stereocenters. The van der Waals surface area contributed by atoms with Gasteiger partial charge in [-0.05, 0) is 37.3 Å². The molecular weight excluding hydrogens is 276 g/mol. The Morgan fingerprint density at radius 3 is 2.65 bits per heavy atom. The number of pyridine rings is 1. The van der Waals surface area contributed by atoms with Crippen LogP contribution in [0, 0.1) is 0 Å². The summed E-state index contributed by atoms with van der Waals surface area (Å²) in [6.45, 7) is 2.03. The molecule has 1 N–H and O–H groups in total. The summed E-state index contributed by atoms with van der Waals surface area (Å²) < 4.78 is 10.6. The van der Waals surface area contributed by atoms with E-state index in [9.17, 15) is 0 Å². The van der Waals surface area contributed by atoms with Gasteiger partial charge in [-0.2, -0.15) is 0 Å². The van der Waals surface area contributed by atoms with E-state index in [1.165, 1.54) is 0 Å². The number of aromatic nitrogens is 1. The van der Waals surface area contributed by atoms with Crippen LogP contribution in [-0.2, 0) is 0 Å². The average molecular weight is 293 g/mol. The number of rotatable bonds is 5. The molecule has 0 saturated heterocycles. The van der Waals surface area contributed by atoms with Gasteiger partial charge in [-0.15, -0.1) is 0 Å². The normalized spacial score (nSPS) is 11.8. The predicted octanol–water partition coefficient (Wildman–Crippen LogP) is 3.93. The Morgan fingerprint density at radius 1 is 1.20 bits per heavy atom. The number of methoxy groups -OCH3 is 2. The highest BCUT2D eigenvalue weighted by molar-refractivity contribution is 6.31. The topological polar surface area (TPSA) is 43.4 Å². The molecule has 5 heteroatoms. The molecule has 1 unspecified atom stereocenters. The minimum absolute atomic E-state index is 0.00162. The lowest BCUT2D eigenvalue weighted by atomic mass is 10.1. The lowest BCUT2D eigenvalue weighted by Gasteiger charge is -2.19. The van der Waals surface area contributed by atoms with E-state index in [4.69, 9.17) is 21.1 Å². The van der Waals surface area contributed by atoms with Crippen molar-refractivity contribution >= 4 is 17.3 Å². The predicted molar refractivity (Wildman–Crippen MR) is 80.8 cm³/mol. The number of benzene rings is 1. The van der Waals surface area contributed by atoms with Gasteiger partial charge in [0.25, 0.3) is 0 Å². The van der Waals surface area contributed by atoms with Gasteiger partial charge in [0.1, 0.15) is 11.5 Å². The zero-order valence-electron chi connectivity index (χ0n) is 11.7. The molecule has 2 aromatic rings. The van der Waals surface area contributed by atoms with Crippen LogP contribution in [0.15, 0.2) is 36.5 Å². The van der Waals surface area contributed by atoms with Gasteiger partial charge in [0.05, 0.1) is 25.9 Å². The molecule has 2 rings (SSSR count). The van der Waals surface area contributed by atoms with Crippen molar-refractivity contribution in [3.05, 3.63) is 47.2 Å². The van der Waals surface area contributed by atoms with E-state index in [0.29, 0.717) is 5.15 Å². The van der Waals surface area contributed by atoms with Crippen LogP contribution >= 0.6 is 11.6 Å². The highest BCUT2D eigenvalue weighted by atomic mass is 35.5. The molecule has 0 radical (unpaired) electrons. The molecule has 20 heavy (non-hydrogen) atoms. The molecule has 0 spiro atoms. The van der Waals surface area contributed by atoms with Crippen LogP contribution in [0.2, 0.25) is 5.15 Å². The molecular formula is C15H17ClN2O2. The zero-order chi connectivity index (χ0) is 14.5. The molecule has 4 nitrogen and oxygen atoms in total. The lowest BCUT2D eigenvalue weighted by molar-refractivity contribution is 0.397. The first-order valence-corrected chi connectivity index (χ1v) is 6.62. The SMILES string of the molecule is COc1ccc(OC)c(C(C)Nc2cccnc2Cl)c1. The summed E-state index contributed by atoms with van der Waals surface area (Å²) in [4.78, 5) is 4.05. The minimum Gasteiger partial charge on any atom is -0.497 e. The molecule has 0 aliphatic heterocycles. The largest absolute Gasteiger partial charge is 0.497 e. The Morgan fingerprint density at radius 2 is 2.00 bits per heavy atom. The summed E-state index contributed by atoms with van der Waals surface area (Å²) in [5, 5.41) is 3.77. The summed E-state index contributed by atoms with van der Waals surface area (Å²) in [6, 6.07) is 9.42. The number of ether oxygens (including phenoxy) is 2. The molecule has 106 valence electrons. The van der Waals surface area contributed by atoms with Crippen molar-refractivity contribution in [3.63, 3.8) is 0 Å². The molecule has 1 aromatic heterocycles. The zero-order valence-corrected chi connectivity index (χ0v) is 12.4. The molecule has 0 saturated carbocycles. The smallest absolute Gasteiger partial charge is 0.152 e. The Balaban J connectivity index is 2.28. The first kappa shape index (κ1) is 14.5. The number of hydrogen-bond donors (Lipinski definition) is 1. The summed E-state index contributed by atoms with van der Waals surface area (Å²) in [7, 11) is 3.29. The molecule has 0 bridgehead atoms. The van der Waals surface area contributed by atoms with Crippen LogP contribution in [-0.4, -0.2) is 19.2 Å². The summed E-state index contributed by atoms with van der Waals surface area (Å²) in [5.41, 5.74) is 1.78. The fourth-order valence-electron chi connectivity index (χ4n) is 1.98. The third kappa shape index (κ3) is 3.14. The van der Waals surface area contributed by atoms with E-state index in [1.807, 2.05) is 37.3 Å². The van der Waals surface area contributed by atoms with E-state index in [1.54, 1.807) is 20.4 Å². The molecule has 1 aromatic carbocycles. The van der Waals surface area contributed by atoms with Crippen LogP contribution in [0.4, 0.5) is 5.69 Å². The number of halogens is 1. The van der Waals surface area contributed by atoms with Gasteiger partial charge in [-0.3, -0.25) is 0 Å². The third-order valence-electron chi connectivity index (χ3n) is 3.03. The van der Waals surface area contributed by atoms with Crippen molar-refractivity contribution in [2.45, 2.75) is 13.0 Å². The van der Waals surface area contributed by atoms with Gasteiger partial charge in [0.15, 0.2) is 5.15 Å². The maximum absolute atomic E-state index is 6.06. The second-order valence-corrected chi connectivity index (χ2v) is 4.67. The summed E-state index contributed by atoms with van der Waals surface area (Å²) >= 11 is 6.06. The van der Waals surface area contributed by atoms with Crippen molar-refractivity contribution in [3.8, 4) is 11.5 Å². The molecule has 0 fully saturated rings. The molecule has 1 heterocycles. The fourth-order valence-corrected chi connectivity index (χ4v) is 2.16. The first-order valence-electron chi connectivity index (χ1n) is 6.24. The van der Waals surface area contributed by atoms with E-state index in [2.05, 4.69) is 10.3 Å². The third-order valence-corrected chi connectivity index (χ3v) is 3.34. The van der Waals surface area contributed by atoms with E-state index in [0.717, 1.165) is 22.7 Å². The van der Waals surface area contributed by atoms with Crippen molar-refractivity contribution in [2.24, 2.45) is 0 Å². The van der Waals surface area contributed by atoms with Crippen LogP contribution in [0.25, 0.3) is 0 Å². The van der Waals surface area contributed by atoms with Crippen LogP contribution in [0.3, 0.4) is 0 Å². The Hall–Kier alpha value is -1.94. The van der Waals surface area contributed by atoms with Crippen LogP contribution < -0.4 is 14.8 Å². The maximum atomic E-state index is 6.06. The fraction of sp³-hybridized carbons (Fsp3) is 0.267. The number of nitrogens with one attached hydrogen (secondary N) is 1. The summed E-state index contributed by atoms with van der Waals surface area (Å²) in [6.07, 6.45) is 1.66. The van der Waals surface area contributed by atoms with Gasteiger partial charge in [-0.1, -0.05) is 11.6 Å². The number of nitrogens with zero attached hydrogens (tertiary/aromatic N) is 1. The molecule has 0 aliphatic rings. The van der Waals surface area contributed by atoms with E-state index in [-0.39, 0.29) is 6.04 Å². The van der Waals surface area contributed by atoms with Crippen LogP contribution in [0.5, 0.6) is 11.5 Å². The quantitative estimate of drug-likeness (QED) is 0.848. The second-order valence-electron chi connectivity index (χ2n) is 4.32. The highest BCUT2D eigenvalue weighted by Crippen LogP contribution is 2.32. The van der Waals surface area contributed by atoms with Crippen LogP contribution in [0.1, 0.15) is 18.5 Å². The lowest BCUT2D eigenvalue weighted by Crippen LogP contribution is -2.09. The minimum atomic E-state index is 0.00162. The van der Waals surface area contributed by atoms with Gasteiger partial charge >= 0.3 is 0 Å². The standard InChI is InChI=1S/C15H17ClN2O2/c1-10(18-13-5-4-8-17-15(13)16)12-9-11(19-2)6-7-14(12)20-3/h4-10,18H,1-3H3. The summed E-state index contributed by atoms with van der Waals surface area (Å²) in [5.74, 6) is 1.58. The average Bonchev–Trinajstić information content (AvgIpc) is 2.48. The van der Waals surface area contributed by atoms with Crippen molar-refractivity contribution in [1.82, 2.24) is 4.98 Å². The monoisotopic (exact) mass is 292 g/mol. The molecule has 0 aliphatic carbocycles. The van der Waals surface area contributed by atoms with Crippen molar-refractivity contribution in [1.29, 1.82) is 0 Å². The number of anilines is 1. The first-order chi connectivity index (χ1) is 9.65. The van der Waals surface area contributed by atoms with Gasteiger partial charge in [0.2, 0.25) is 0 Å². The maximum Gasteiger partial charge on any atom is 0.152 e. The molecule has 0 amide bonds. The van der Waals surface area contributed by atoms with E-state index < -0.39 is 0 Å². The Bertz CT molecular complexity index is 590. The second kappa shape index (κ2) is 6.48. The van der Waals surface area contributed by atoms with Gasteiger partial charge in [0, 0.05) is 11.8 Å². The van der Waals surface area contributed by atoms with Gasteiger partial charge < -0.3 is 14.8 Å². The number of hydrogen-bond acceptors (Lipinski definition) is 4. The Labute approximate surface area is 123 Å². The van der Waals surface area contributed by atoms with E-state index >= 15 is 0 Å². The Kier molecular flexibility index (Phi) is 4.69. The highest BCUT2D eigenvalue weighted by Gasteiger charge is 2.14.